The summed E-state index contributed by atoms with van der Waals surface area (Å²) in [6, 6.07) is 0. The van der Waals surface area contributed by atoms with E-state index in [2.05, 4.69) is 41.5 Å². The van der Waals surface area contributed by atoms with Crippen LogP contribution in [-0.2, 0) is 28.6 Å². The topological polar surface area (TPSA) is 78.9 Å². The van der Waals surface area contributed by atoms with E-state index in [0.717, 1.165) is 75.5 Å². The van der Waals surface area contributed by atoms with Crippen LogP contribution in [0.5, 0.6) is 0 Å². The molecular weight excluding hydrogens is 733 g/mol. The van der Waals surface area contributed by atoms with Crippen LogP contribution < -0.4 is 0 Å². The Labute approximate surface area is 368 Å². The normalized spacial score (nSPS) is 12.2. The summed E-state index contributed by atoms with van der Waals surface area (Å²) in [5.74, 6) is 1.55. The van der Waals surface area contributed by atoms with E-state index >= 15 is 0 Å². The summed E-state index contributed by atoms with van der Waals surface area (Å²) in [5.41, 5.74) is 0. The van der Waals surface area contributed by atoms with E-state index < -0.39 is 6.10 Å². The van der Waals surface area contributed by atoms with E-state index in [1.807, 2.05) is 0 Å². The SMILES string of the molecule is CC(C)CCCCCCCCCCCCCCCCCCCCC(=O)OC[C@@H](COC(=O)CCCCCCCCCCC(C)C)OC(=O)CCCCCCCCC(C)C. The smallest absolute Gasteiger partial charge is 0.306 e. The van der Waals surface area contributed by atoms with Crippen LogP contribution in [0.15, 0.2) is 0 Å². The Hall–Kier alpha value is -1.59. The summed E-state index contributed by atoms with van der Waals surface area (Å²) >= 11 is 0. The quantitative estimate of drug-likeness (QED) is 0.0345. The van der Waals surface area contributed by atoms with Crippen molar-refractivity contribution in [1.29, 1.82) is 0 Å². The molecule has 0 unspecified atom stereocenters. The van der Waals surface area contributed by atoms with Crippen molar-refractivity contribution in [2.45, 2.75) is 292 Å². The Kier molecular flexibility index (Phi) is 43.3. The molecule has 6 heteroatoms. The maximum Gasteiger partial charge on any atom is 0.306 e. The molecule has 0 aliphatic carbocycles. The second kappa shape index (κ2) is 44.5. The number of rotatable bonds is 46. The maximum absolute atomic E-state index is 12.7. The summed E-state index contributed by atoms with van der Waals surface area (Å²) in [6.45, 7) is 13.6. The van der Waals surface area contributed by atoms with Crippen LogP contribution in [0.2, 0.25) is 0 Å². The van der Waals surface area contributed by atoms with Gasteiger partial charge < -0.3 is 14.2 Å². The van der Waals surface area contributed by atoms with Gasteiger partial charge in [-0.1, -0.05) is 247 Å². The highest BCUT2D eigenvalue weighted by Crippen LogP contribution is 2.18. The maximum atomic E-state index is 12.7. The third-order valence-electron chi connectivity index (χ3n) is 11.9. The molecule has 0 spiro atoms. The van der Waals surface area contributed by atoms with E-state index in [1.165, 1.54) is 167 Å². The van der Waals surface area contributed by atoms with Gasteiger partial charge in [-0.3, -0.25) is 14.4 Å². The Morgan fingerprint density at radius 3 is 0.729 bits per heavy atom. The van der Waals surface area contributed by atoms with E-state index in [9.17, 15) is 14.4 Å². The molecule has 0 saturated heterocycles. The number of esters is 3. The minimum Gasteiger partial charge on any atom is -0.462 e. The number of hydrogen-bond donors (Lipinski definition) is 0. The fourth-order valence-electron chi connectivity index (χ4n) is 7.94. The first kappa shape index (κ1) is 57.4. The van der Waals surface area contributed by atoms with E-state index in [4.69, 9.17) is 14.2 Å². The number of ether oxygens (including phenoxy) is 3. The first-order valence-corrected chi connectivity index (χ1v) is 26.1. The van der Waals surface area contributed by atoms with Crippen molar-refractivity contribution in [3.63, 3.8) is 0 Å². The molecule has 0 radical (unpaired) electrons. The second-order valence-electron chi connectivity index (χ2n) is 19.6. The van der Waals surface area contributed by atoms with Gasteiger partial charge in [0.05, 0.1) is 0 Å². The first-order valence-electron chi connectivity index (χ1n) is 26.1. The molecule has 0 heterocycles. The first-order chi connectivity index (χ1) is 28.6. The van der Waals surface area contributed by atoms with Crippen molar-refractivity contribution < 1.29 is 28.6 Å². The van der Waals surface area contributed by atoms with Crippen molar-refractivity contribution >= 4 is 17.9 Å². The van der Waals surface area contributed by atoms with Crippen LogP contribution in [0.25, 0.3) is 0 Å². The largest absolute Gasteiger partial charge is 0.462 e. The van der Waals surface area contributed by atoms with Crippen LogP contribution in [-0.4, -0.2) is 37.2 Å². The molecule has 0 saturated carbocycles. The molecule has 0 fully saturated rings. The lowest BCUT2D eigenvalue weighted by molar-refractivity contribution is -0.167. The fraction of sp³-hybridized carbons (Fsp3) is 0.943. The molecule has 59 heavy (non-hydrogen) atoms. The van der Waals surface area contributed by atoms with Gasteiger partial charge in [-0.15, -0.1) is 0 Å². The predicted molar refractivity (Wildman–Crippen MR) is 252 cm³/mol. The molecule has 0 amide bonds. The molecule has 0 aliphatic heterocycles. The fourth-order valence-corrected chi connectivity index (χ4v) is 7.94. The van der Waals surface area contributed by atoms with Crippen molar-refractivity contribution in [3.8, 4) is 0 Å². The zero-order valence-corrected chi connectivity index (χ0v) is 40.5. The third-order valence-corrected chi connectivity index (χ3v) is 11.9. The van der Waals surface area contributed by atoms with Gasteiger partial charge in [0.25, 0.3) is 0 Å². The van der Waals surface area contributed by atoms with E-state index in [-0.39, 0.29) is 31.1 Å². The average Bonchev–Trinajstić information content (AvgIpc) is 3.19. The van der Waals surface area contributed by atoms with Gasteiger partial charge in [0.1, 0.15) is 13.2 Å². The molecule has 0 aromatic heterocycles. The molecule has 0 aromatic rings. The Balaban J connectivity index is 4.16. The molecule has 0 aromatic carbocycles. The van der Waals surface area contributed by atoms with Crippen LogP contribution in [0.3, 0.4) is 0 Å². The Morgan fingerprint density at radius 2 is 0.492 bits per heavy atom. The highest BCUT2D eigenvalue weighted by atomic mass is 16.6. The minimum atomic E-state index is -0.763. The Bertz CT molecular complexity index is 914. The second-order valence-corrected chi connectivity index (χ2v) is 19.6. The summed E-state index contributed by atoms with van der Waals surface area (Å²) in [7, 11) is 0. The molecule has 0 bridgehead atoms. The summed E-state index contributed by atoms with van der Waals surface area (Å²) in [5, 5.41) is 0. The average molecular weight is 835 g/mol. The highest BCUT2D eigenvalue weighted by Gasteiger charge is 2.19. The predicted octanol–water partition coefficient (Wildman–Crippen LogP) is 16.8. The molecule has 0 N–H and O–H groups in total. The van der Waals surface area contributed by atoms with Gasteiger partial charge >= 0.3 is 17.9 Å². The van der Waals surface area contributed by atoms with E-state index in [1.54, 1.807) is 0 Å². The molecule has 350 valence electrons. The van der Waals surface area contributed by atoms with Crippen LogP contribution in [0, 0.1) is 17.8 Å². The minimum absolute atomic E-state index is 0.0659. The van der Waals surface area contributed by atoms with Crippen LogP contribution in [0.4, 0.5) is 0 Å². The van der Waals surface area contributed by atoms with Gasteiger partial charge in [0.2, 0.25) is 0 Å². The zero-order chi connectivity index (χ0) is 43.4. The van der Waals surface area contributed by atoms with Crippen molar-refractivity contribution in [2.24, 2.45) is 17.8 Å². The number of carbonyl (C=O) groups excluding carboxylic acids is 3. The van der Waals surface area contributed by atoms with Gasteiger partial charge in [-0.05, 0) is 37.0 Å². The van der Waals surface area contributed by atoms with Gasteiger partial charge in [0.15, 0.2) is 6.10 Å². The van der Waals surface area contributed by atoms with Gasteiger partial charge in [-0.2, -0.15) is 0 Å². The number of carbonyl (C=O) groups is 3. The van der Waals surface area contributed by atoms with Crippen LogP contribution in [0.1, 0.15) is 286 Å². The van der Waals surface area contributed by atoms with Gasteiger partial charge in [-0.25, -0.2) is 0 Å². The van der Waals surface area contributed by atoms with Crippen molar-refractivity contribution in [3.05, 3.63) is 0 Å². The summed E-state index contributed by atoms with van der Waals surface area (Å²) in [6.07, 6.45) is 44.1. The number of unbranched alkanes of at least 4 members (excludes halogenated alkanes) is 29. The van der Waals surface area contributed by atoms with Gasteiger partial charge in [0, 0.05) is 19.3 Å². The Morgan fingerprint density at radius 1 is 0.288 bits per heavy atom. The molecule has 0 rings (SSSR count). The molecule has 1 atom stereocenters. The van der Waals surface area contributed by atoms with Crippen LogP contribution >= 0.6 is 0 Å². The lowest BCUT2D eigenvalue weighted by Gasteiger charge is -2.18. The molecular formula is C53H102O6. The third kappa shape index (κ3) is 47.3. The summed E-state index contributed by atoms with van der Waals surface area (Å²) in [4.78, 5) is 37.8. The lowest BCUT2D eigenvalue weighted by Crippen LogP contribution is -2.30. The monoisotopic (exact) mass is 835 g/mol. The lowest BCUT2D eigenvalue weighted by atomic mass is 10.0. The van der Waals surface area contributed by atoms with Crippen molar-refractivity contribution in [1.82, 2.24) is 0 Å². The number of hydrogen-bond acceptors (Lipinski definition) is 6. The highest BCUT2D eigenvalue weighted by molar-refractivity contribution is 5.71. The standard InChI is InChI=1S/C53H102O6/c1-47(2)39-33-27-21-17-15-13-11-9-7-8-10-12-14-16-18-23-30-36-42-51(54)57-45-50(59-53(56)44-38-32-26-25-29-35-41-49(5)6)46-58-52(55)43-37-31-24-20-19-22-28-34-40-48(3)4/h47-50H,7-46H2,1-6H3/t50-/m0/s1. The van der Waals surface area contributed by atoms with E-state index in [0.29, 0.717) is 19.3 Å². The summed E-state index contributed by atoms with van der Waals surface area (Å²) < 4.78 is 16.8. The molecule has 0 aliphatic rings. The van der Waals surface area contributed by atoms with Crippen molar-refractivity contribution in [2.75, 3.05) is 13.2 Å². The molecule has 6 nitrogen and oxygen atoms in total. The zero-order valence-electron chi connectivity index (χ0n) is 40.5.